The third-order valence-electron chi connectivity index (χ3n) is 3.29. The van der Waals surface area contributed by atoms with Crippen molar-refractivity contribution in [3.63, 3.8) is 0 Å². The summed E-state index contributed by atoms with van der Waals surface area (Å²) < 4.78 is 0. The molecule has 0 unspecified atom stereocenters. The van der Waals surface area contributed by atoms with Gasteiger partial charge in [0.2, 0.25) is 0 Å². The maximum atomic E-state index is 12.2. The highest BCUT2D eigenvalue weighted by Gasteiger charge is 2.12. The van der Waals surface area contributed by atoms with Gasteiger partial charge in [0, 0.05) is 34.2 Å². The maximum absolute atomic E-state index is 12.2. The highest BCUT2D eigenvalue weighted by atomic mass is 35.5. The summed E-state index contributed by atoms with van der Waals surface area (Å²) in [5, 5.41) is 9.87. The van der Waals surface area contributed by atoms with E-state index in [9.17, 15) is 10.1 Å². The number of hydrogen-bond acceptors (Lipinski definition) is 3. The molecule has 0 amide bonds. The molecule has 0 bridgehead atoms. The van der Waals surface area contributed by atoms with Gasteiger partial charge in [-0.15, -0.1) is 0 Å². The number of halogens is 1. The van der Waals surface area contributed by atoms with E-state index in [4.69, 9.17) is 11.6 Å². The highest BCUT2D eigenvalue weighted by molar-refractivity contribution is 6.30. The first-order chi connectivity index (χ1) is 10.7. The van der Waals surface area contributed by atoms with Crippen LogP contribution in [0, 0.1) is 11.3 Å². The van der Waals surface area contributed by atoms with Crippen molar-refractivity contribution in [2.45, 2.75) is 0 Å². The van der Waals surface area contributed by atoms with Crippen LogP contribution in [0.1, 0.15) is 5.56 Å². The van der Waals surface area contributed by atoms with Crippen molar-refractivity contribution in [3.8, 4) is 28.5 Å². The molecule has 3 rings (SSSR count). The number of rotatable bonds is 2. The monoisotopic (exact) mass is 307 g/mol. The molecule has 106 valence electrons. The lowest BCUT2D eigenvalue weighted by Crippen LogP contribution is -2.12. The summed E-state index contributed by atoms with van der Waals surface area (Å²) in [7, 11) is 0. The van der Waals surface area contributed by atoms with Gasteiger partial charge in [0.25, 0.3) is 5.56 Å². The molecular weight excluding hydrogens is 298 g/mol. The second-order valence-electron chi connectivity index (χ2n) is 4.66. The van der Waals surface area contributed by atoms with Gasteiger partial charge >= 0.3 is 0 Å². The molecule has 0 aliphatic heterocycles. The van der Waals surface area contributed by atoms with Crippen LogP contribution in [-0.4, -0.2) is 9.97 Å². The Kier molecular flexibility index (Phi) is 3.73. The number of benzene rings is 1. The van der Waals surface area contributed by atoms with Gasteiger partial charge in [0.15, 0.2) is 0 Å². The normalized spacial score (nSPS) is 10.2. The molecule has 0 spiro atoms. The predicted octanol–water partition coefficient (Wildman–Crippen LogP) is 3.63. The predicted molar refractivity (Wildman–Crippen MR) is 85.5 cm³/mol. The number of nitriles is 1. The third-order valence-corrected chi connectivity index (χ3v) is 3.54. The highest BCUT2D eigenvalue weighted by Crippen LogP contribution is 2.26. The lowest BCUT2D eigenvalue weighted by Gasteiger charge is -2.08. The van der Waals surface area contributed by atoms with E-state index in [1.165, 1.54) is 0 Å². The average molecular weight is 308 g/mol. The van der Waals surface area contributed by atoms with Crippen LogP contribution >= 0.6 is 11.6 Å². The number of aromatic nitrogens is 2. The van der Waals surface area contributed by atoms with Gasteiger partial charge in [-0.25, -0.2) is 0 Å². The summed E-state index contributed by atoms with van der Waals surface area (Å²) in [6.45, 7) is 0. The molecule has 0 aliphatic carbocycles. The lowest BCUT2D eigenvalue weighted by molar-refractivity contribution is 1.21. The van der Waals surface area contributed by atoms with Gasteiger partial charge in [-0.3, -0.25) is 9.78 Å². The number of hydrogen-bond donors (Lipinski definition) is 1. The molecule has 2 aromatic heterocycles. The van der Waals surface area contributed by atoms with E-state index in [0.717, 1.165) is 11.1 Å². The molecule has 2 heterocycles. The number of pyridine rings is 2. The van der Waals surface area contributed by atoms with Gasteiger partial charge in [-0.05, 0) is 35.9 Å². The lowest BCUT2D eigenvalue weighted by atomic mass is 9.99. The zero-order valence-electron chi connectivity index (χ0n) is 11.4. The van der Waals surface area contributed by atoms with Crippen molar-refractivity contribution in [3.05, 3.63) is 75.8 Å². The Morgan fingerprint density at radius 2 is 1.73 bits per heavy atom. The fraction of sp³-hybridized carbons (Fsp3) is 0. The Labute approximate surface area is 131 Å². The van der Waals surface area contributed by atoms with Crippen LogP contribution in [0.2, 0.25) is 5.02 Å². The van der Waals surface area contributed by atoms with Gasteiger partial charge in [-0.1, -0.05) is 23.7 Å². The van der Waals surface area contributed by atoms with Crippen molar-refractivity contribution in [1.82, 2.24) is 9.97 Å². The first-order valence-corrected chi connectivity index (χ1v) is 6.90. The van der Waals surface area contributed by atoms with Crippen LogP contribution in [-0.2, 0) is 0 Å². The molecular formula is C17H10ClN3O. The SMILES string of the molecule is N#Cc1c(-c2ccc(Cl)cc2)cc(-c2ccncc2)[nH]c1=O. The zero-order valence-corrected chi connectivity index (χ0v) is 12.1. The fourth-order valence-electron chi connectivity index (χ4n) is 2.21. The molecule has 4 nitrogen and oxygen atoms in total. The molecule has 0 atom stereocenters. The Morgan fingerprint density at radius 3 is 2.36 bits per heavy atom. The van der Waals surface area contributed by atoms with Crippen LogP contribution in [0.4, 0.5) is 0 Å². The summed E-state index contributed by atoms with van der Waals surface area (Å²) in [6.07, 6.45) is 3.29. The van der Waals surface area contributed by atoms with Crippen molar-refractivity contribution in [1.29, 1.82) is 5.26 Å². The number of nitrogens with one attached hydrogen (secondary N) is 1. The van der Waals surface area contributed by atoms with E-state index in [1.54, 1.807) is 54.9 Å². The quantitative estimate of drug-likeness (QED) is 0.786. The van der Waals surface area contributed by atoms with E-state index in [0.29, 0.717) is 16.3 Å². The number of H-pyrrole nitrogens is 1. The molecule has 0 aliphatic rings. The Bertz CT molecular complexity index is 909. The van der Waals surface area contributed by atoms with Crippen LogP contribution in [0.3, 0.4) is 0 Å². The standard InChI is InChI=1S/C17H10ClN3O/c18-13-3-1-11(2-4-13)14-9-16(12-5-7-20-8-6-12)21-17(22)15(14)10-19/h1-9H,(H,21,22). The molecule has 0 saturated heterocycles. The molecule has 3 aromatic rings. The molecule has 1 aromatic carbocycles. The van der Waals surface area contributed by atoms with Crippen molar-refractivity contribution in [2.24, 2.45) is 0 Å². The molecule has 1 N–H and O–H groups in total. The van der Waals surface area contributed by atoms with Crippen molar-refractivity contribution < 1.29 is 0 Å². The summed E-state index contributed by atoms with van der Waals surface area (Å²) in [5.41, 5.74) is 2.47. The minimum absolute atomic E-state index is 0.0835. The largest absolute Gasteiger partial charge is 0.321 e. The maximum Gasteiger partial charge on any atom is 0.266 e. The van der Waals surface area contributed by atoms with Crippen LogP contribution in [0.25, 0.3) is 22.4 Å². The molecule has 0 fully saturated rings. The second kappa shape index (κ2) is 5.84. The summed E-state index contributed by atoms with van der Waals surface area (Å²) in [4.78, 5) is 18.9. The first-order valence-electron chi connectivity index (χ1n) is 6.53. The van der Waals surface area contributed by atoms with E-state index < -0.39 is 5.56 Å². The number of aromatic amines is 1. The Hall–Kier alpha value is -2.90. The van der Waals surface area contributed by atoms with Crippen LogP contribution < -0.4 is 5.56 Å². The summed E-state index contributed by atoms with van der Waals surface area (Å²) >= 11 is 5.89. The summed E-state index contributed by atoms with van der Waals surface area (Å²) in [5.74, 6) is 0. The van der Waals surface area contributed by atoms with Gasteiger partial charge in [-0.2, -0.15) is 5.26 Å². The van der Waals surface area contributed by atoms with E-state index in [-0.39, 0.29) is 5.56 Å². The van der Waals surface area contributed by atoms with Gasteiger partial charge in [0.05, 0.1) is 0 Å². The third kappa shape index (κ3) is 2.62. The van der Waals surface area contributed by atoms with E-state index >= 15 is 0 Å². The first kappa shape index (κ1) is 14.1. The Balaban J connectivity index is 2.24. The van der Waals surface area contributed by atoms with Crippen LogP contribution in [0.5, 0.6) is 0 Å². The fourth-order valence-corrected chi connectivity index (χ4v) is 2.34. The number of nitrogens with zero attached hydrogens (tertiary/aromatic N) is 2. The van der Waals surface area contributed by atoms with Crippen molar-refractivity contribution >= 4 is 11.6 Å². The molecule has 0 radical (unpaired) electrons. The topological polar surface area (TPSA) is 69.5 Å². The molecule has 22 heavy (non-hydrogen) atoms. The summed E-state index contributed by atoms with van der Waals surface area (Å²) in [6, 6.07) is 14.4. The second-order valence-corrected chi connectivity index (χ2v) is 5.09. The molecule has 5 heteroatoms. The average Bonchev–Trinajstić information content (AvgIpc) is 2.55. The Morgan fingerprint density at radius 1 is 1.05 bits per heavy atom. The molecule has 0 saturated carbocycles. The smallest absolute Gasteiger partial charge is 0.266 e. The minimum Gasteiger partial charge on any atom is -0.321 e. The van der Waals surface area contributed by atoms with E-state index in [2.05, 4.69) is 9.97 Å². The van der Waals surface area contributed by atoms with Crippen molar-refractivity contribution in [2.75, 3.05) is 0 Å². The minimum atomic E-state index is -0.415. The van der Waals surface area contributed by atoms with Crippen LogP contribution in [0.15, 0.2) is 59.7 Å². The van der Waals surface area contributed by atoms with Gasteiger partial charge in [0.1, 0.15) is 11.6 Å². The van der Waals surface area contributed by atoms with E-state index in [1.807, 2.05) is 6.07 Å². The van der Waals surface area contributed by atoms with Gasteiger partial charge < -0.3 is 4.98 Å². The zero-order chi connectivity index (χ0) is 15.5.